The smallest absolute Gasteiger partial charge is 0.329 e. The van der Waals surface area contributed by atoms with E-state index in [0.29, 0.717) is 12.4 Å². The molecule has 0 amide bonds. The highest BCUT2D eigenvalue weighted by Gasteiger charge is 2.08. The van der Waals surface area contributed by atoms with Crippen LogP contribution in [0.2, 0.25) is 5.28 Å². The summed E-state index contributed by atoms with van der Waals surface area (Å²) in [5.41, 5.74) is 0.790. The second-order valence-electron chi connectivity index (χ2n) is 3.92. The van der Waals surface area contributed by atoms with Gasteiger partial charge in [0, 0.05) is 0 Å². The fourth-order valence-electron chi connectivity index (χ4n) is 1.39. The minimum atomic E-state index is -0.0210. The quantitative estimate of drug-likeness (QED) is 0.882. The highest BCUT2D eigenvalue weighted by atomic mass is 35.5. The molecular formula is C13H14ClN3O3. The summed E-state index contributed by atoms with van der Waals surface area (Å²) in [7, 11) is 0. The SMILES string of the molecule is CCCOc1nc(Cl)nc(Oc2ccc(CO)cc2)n1. The summed E-state index contributed by atoms with van der Waals surface area (Å²) < 4.78 is 10.8. The van der Waals surface area contributed by atoms with Gasteiger partial charge in [-0.15, -0.1) is 4.98 Å². The molecule has 2 rings (SSSR count). The minimum absolute atomic E-state index is 0.00748. The van der Waals surface area contributed by atoms with Gasteiger partial charge in [-0.05, 0) is 35.7 Å². The van der Waals surface area contributed by atoms with Crippen LogP contribution in [0.3, 0.4) is 0 Å². The maximum atomic E-state index is 8.97. The second-order valence-corrected chi connectivity index (χ2v) is 4.26. The molecule has 0 aliphatic heterocycles. The number of aliphatic hydroxyl groups is 1. The number of benzene rings is 1. The van der Waals surface area contributed by atoms with Crippen LogP contribution in [0.15, 0.2) is 24.3 Å². The summed E-state index contributed by atoms with van der Waals surface area (Å²) in [5, 5.41) is 8.97. The van der Waals surface area contributed by atoms with Gasteiger partial charge in [0.1, 0.15) is 5.75 Å². The first kappa shape index (κ1) is 14.5. The highest BCUT2D eigenvalue weighted by Crippen LogP contribution is 2.21. The van der Waals surface area contributed by atoms with E-state index in [9.17, 15) is 0 Å². The molecule has 0 fully saturated rings. The summed E-state index contributed by atoms with van der Waals surface area (Å²) in [6, 6.07) is 7.09. The predicted molar refractivity (Wildman–Crippen MR) is 73.1 cm³/mol. The van der Waals surface area contributed by atoms with E-state index in [0.717, 1.165) is 12.0 Å². The first-order valence-corrected chi connectivity index (χ1v) is 6.51. The molecule has 106 valence electrons. The molecule has 1 heterocycles. The number of aliphatic hydroxyl groups excluding tert-OH is 1. The van der Waals surface area contributed by atoms with Crippen LogP contribution in [0.1, 0.15) is 18.9 Å². The van der Waals surface area contributed by atoms with Gasteiger partial charge in [-0.25, -0.2) is 0 Å². The van der Waals surface area contributed by atoms with Crippen molar-refractivity contribution in [2.24, 2.45) is 0 Å². The van der Waals surface area contributed by atoms with Crippen LogP contribution in [0, 0.1) is 0 Å². The third-order valence-electron chi connectivity index (χ3n) is 2.32. The number of aromatic nitrogens is 3. The summed E-state index contributed by atoms with van der Waals surface area (Å²) in [6.45, 7) is 2.45. The van der Waals surface area contributed by atoms with Gasteiger partial charge in [0.05, 0.1) is 13.2 Å². The van der Waals surface area contributed by atoms with E-state index in [1.165, 1.54) is 0 Å². The lowest BCUT2D eigenvalue weighted by atomic mass is 10.2. The van der Waals surface area contributed by atoms with Crippen LogP contribution in [-0.4, -0.2) is 26.7 Å². The molecule has 0 saturated heterocycles. The first-order valence-electron chi connectivity index (χ1n) is 6.13. The topological polar surface area (TPSA) is 77.4 Å². The van der Waals surface area contributed by atoms with E-state index >= 15 is 0 Å². The molecule has 0 aliphatic carbocycles. The Bertz CT molecular complexity index is 563. The van der Waals surface area contributed by atoms with Gasteiger partial charge in [-0.3, -0.25) is 0 Å². The van der Waals surface area contributed by atoms with Crippen molar-refractivity contribution in [3.63, 3.8) is 0 Å². The summed E-state index contributed by atoms with van der Waals surface area (Å²) >= 11 is 5.79. The van der Waals surface area contributed by atoms with Gasteiger partial charge in [0.15, 0.2) is 0 Å². The van der Waals surface area contributed by atoms with E-state index < -0.39 is 0 Å². The summed E-state index contributed by atoms with van der Waals surface area (Å²) in [5.74, 6) is 0.533. The molecule has 0 radical (unpaired) electrons. The molecule has 0 bridgehead atoms. The van der Waals surface area contributed by atoms with Crippen LogP contribution >= 0.6 is 11.6 Å². The molecule has 1 N–H and O–H groups in total. The molecule has 0 spiro atoms. The third kappa shape index (κ3) is 4.04. The number of hydrogen-bond donors (Lipinski definition) is 1. The Labute approximate surface area is 121 Å². The fraction of sp³-hybridized carbons (Fsp3) is 0.308. The van der Waals surface area contributed by atoms with E-state index in [2.05, 4.69) is 15.0 Å². The Hall–Kier alpha value is -1.92. The van der Waals surface area contributed by atoms with Crippen molar-refractivity contribution in [2.45, 2.75) is 20.0 Å². The van der Waals surface area contributed by atoms with Crippen LogP contribution in [0.25, 0.3) is 0 Å². The Balaban J connectivity index is 2.12. The second kappa shape index (κ2) is 7.02. The molecule has 7 heteroatoms. The normalized spacial score (nSPS) is 10.3. The summed E-state index contributed by atoms with van der Waals surface area (Å²) in [6.07, 6.45) is 0.835. The van der Waals surface area contributed by atoms with Crippen LogP contribution in [0.5, 0.6) is 17.8 Å². The van der Waals surface area contributed by atoms with Gasteiger partial charge in [-0.1, -0.05) is 19.1 Å². The molecule has 20 heavy (non-hydrogen) atoms. The van der Waals surface area contributed by atoms with Crippen LogP contribution in [0.4, 0.5) is 0 Å². The third-order valence-corrected chi connectivity index (χ3v) is 2.49. The largest absolute Gasteiger partial charge is 0.463 e. The molecule has 6 nitrogen and oxygen atoms in total. The van der Waals surface area contributed by atoms with Crippen molar-refractivity contribution >= 4 is 11.6 Å². The van der Waals surface area contributed by atoms with Crippen molar-refractivity contribution in [2.75, 3.05) is 6.61 Å². The average molecular weight is 296 g/mol. The predicted octanol–water partition coefficient (Wildman–Crippen LogP) is 2.60. The Kier molecular flexibility index (Phi) is 5.09. The highest BCUT2D eigenvalue weighted by molar-refractivity contribution is 6.28. The van der Waals surface area contributed by atoms with Crippen LogP contribution < -0.4 is 9.47 Å². The number of rotatable bonds is 6. The molecule has 0 saturated carbocycles. The molecule has 1 aromatic heterocycles. The zero-order chi connectivity index (χ0) is 14.4. The van der Waals surface area contributed by atoms with Gasteiger partial charge >= 0.3 is 12.0 Å². The number of halogens is 1. The van der Waals surface area contributed by atoms with Gasteiger partial charge < -0.3 is 14.6 Å². The molecule has 0 atom stereocenters. The maximum Gasteiger partial charge on any atom is 0.329 e. The van der Waals surface area contributed by atoms with E-state index in [4.69, 9.17) is 26.2 Å². The Morgan fingerprint density at radius 3 is 2.45 bits per heavy atom. The average Bonchev–Trinajstić information content (AvgIpc) is 2.45. The van der Waals surface area contributed by atoms with Crippen molar-refractivity contribution in [1.82, 2.24) is 15.0 Å². The Morgan fingerprint density at radius 1 is 1.10 bits per heavy atom. The fourth-order valence-corrected chi connectivity index (χ4v) is 1.53. The zero-order valence-electron chi connectivity index (χ0n) is 10.9. The monoisotopic (exact) mass is 295 g/mol. The lowest BCUT2D eigenvalue weighted by Gasteiger charge is -2.06. The molecular weight excluding hydrogens is 282 g/mol. The lowest BCUT2D eigenvalue weighted by molar-refractivity contribution is 0.281. The van der Waals surface area contributed by atoms with Crippen molar-refractivity contribution in [3.8, 4) is 17.8 Å². The van der Waals surface area contributed by atoms with Crippen molar-refractivity contribution < 1.29 is 14.6 Å². The zero-order valence-corrected chi connectivity index (χ0v) is 11.7. The van der Waals surface area contributed by atoms with Gasteiger partial charge in [0.2, 0.25) is 5.28 Å². The standard InChI is InChI=1S/C13H14ClN3O3/c1-2-7-19-12-15-11(14)16-13(17-12)20-10-5-3-9(8-18)4-6-10/h3-6,18H,2,7-8H2,1H3. The van der Waals surface area contributed by atoms with E-state index in [1.54, 1.807) is 24.3 Å². The van der Waals surface area contributed by atoms with E-state index in [1.807, 2.05) is 6.92 Å². The first-order chi connectivity index (χ1) is 9.71. The minimum Gasteiger partial charge on any atom is -0.463 e. The molecule has 1 aromatic carbocycles. The number of ether oxygens (including phenoxy) is 2. The van der Waals surface area contributed by atoms with Crippen LogP contribution in [-0.2, 0) is 6.61 Å². The van der Waals surface area contributed by atoms with Gasteiger partial charge in [-0.2, -0.15) is 9.97 Å². The summed E-state index contributed by atoms with van der Waals surface area (Å²) in [4.78, 5) is 11.7. The van der Waals surface area contributed by atoms with Crippen molar-refractivity contribution in [1.29, 1.82) is 0 Å². The number of hydrogen-bond acceptors (Lipinski definition) is 6. The van der Waals surface area contributed by atoms with E-state index in [-0.39, 0.29) is 23.9 Å². The lowest BCUT2D eigenvalue weighted by Crippen LogP contribution is -2.03. The van der Waals surface area contributed by atoms with Crippen molar-refractivity contribution in [3.05, 3.63) is 35.1 Å². The maximum absolute atomic E-state index is 8.97. The molecule has 0 aliphatic rings. The molecule has 2 aromatic rings. The van der Waals surface area contributed by atoms with Gasteiger partial charge in [0.25, 0.3) is 0 Å². The Morgan fingerprint density at radius 2 is 1.80 bits per heavy atom. The number of nitrogens with zero attached hydrogens (tertiary/aromatic N) is 3. The molecule has 0 unspecified atom stereocenters.